The third-order valence-corrected chi connectivity index (χ3v) is 4.74. The number of halogens is 1. The Morgan fingerprint density at radius 1 is 1.00 bits per heavy atom. The second-order valence-electron chi connectivity index (χ2n) is 6.65. The van der Waals surface area contributed by atoms with Crippen LogP contribution in [0.5, 0.6) is 11.5 Å². The van der Waals surface area contributed by atoms with Crippen LogP contribution in [0.1, 0.15) is 11.1 Å². The number of ether oxygens (including phenoxy) is 4. The minimum absolute atomic E-state index is 0.411. The lowest BCUT2D eigenvalue weighted by Crippen LogP contribution is -2.34. The average Bonchev–Trinajstić information content (AvgIpc) is 2.80. The van der Waals surface area contributed by atoms with Gasteiger partial charge in [-0.1, -0.05) is 6.07 Å². The van der Waals surface area contributed by atoms with Crippen LogP contribution >= 0.6 is 31.0 Å². The third kappa shape index (κ3) is 5.43. The summed E-state index contributed by atoms with van der Waals surface area (Å²) in [7, 11) is 6.77. The number of benzene rings is 2. The number of methoxy groups -OCH3 is 2. The van der Waals surface area contributed by atoms with E-state index in [2.05, 4.69) is 14.8 Å². The van der Waals surface area contributed by atoms with E-state index in [1.165, 1.54) is 0 Å². The Balaban J connectivity index is 0.00000132. The van der Waals surface area contributed by atoms with E-state index in [1.54, 1.807) is 20.6 Å². The van der Waals surface area contributed by atoms with Crippen LogP contribution in [0, 0.1) is 0 Å². The Morgan fingerprint density at radius 2 is 1.68 bits per heavy atom. The monoisotopic (exact) mass is 556 g/mol. The van der Waals surface area contributed by atoms with E-state index in [9.17, 15) is 0 Å². The number of thiol groups is 1. The van der Waals surface area contributed by atoms with E-state index in [1.807, 2.05) is 56.4 Å². The van der Waals surface area contributed by atoms with Gasteiger partial charge in [0, 0.05) is 37.1 Å². The predicted octanol–water partition coefficient (Wildman–Crippen LogP) is 4.15. The van der Waals surface area contributed by atoms with Gasteiger partial charge in [-0.05, 0) is 39.4 Å². The van der Waals surface area contributed by atoms with Crippen LogP contribution in [0.2, 0.25) is 0 Å². The van der Waals surface area contributed by atoms with Crippen molar-refractivity contribution in [3.05, 3.63) is 41.5 Å². The Kier molecular flexibility index (Phi) is 8.81. The lowest BCUT2D eigenvalue weighted by molar-refractivity contribution is 0.132. The molecule has 2 heterocycles. The largest absolute Gasteiger partial charge is 0.487 e. The summed E-state index contributed by atoms with van der Waals surface area (Å²) in [5.74, 6) is 2.05. The van der Waals surface area contributed by atoms with Gasteiger partial charge in [-0.2, -0.15) is 0 Å². The minimum atomic E-state index is 0.411. The molecule has 4 rings (SSSR count). The van der Waals surface area contributed by atoms with Gasteiger partial charge in [0.2, 0.25) is 0 Å². The maximum atomic E-state index is 6.13. The highest BCUT2D eigenvalue weighted by molar-refractivity contribution is 14.2. The highest BCUT2D eigenvalue weighted by Crippen LogP contribution is 2.40. The zero-order valence-corrected chi connectivity index (χ0v) is 20.4. The predicted molar refractivity (Wildman–Crippen MR) is 135 cm³/mol. The molecule has 0 unspecified atom stereocenters. The van der Waals surface area contributed by atoms with Crippen LogP contribution in [0.3, 0.4) is 0 Å². The van der Waals surface area contributed by atoms with E-state index < -0.39 is 0 Å². The van der Waals surface area contributed by atoms with Gasteiger partial charge >= 0.3 is 0 Å². The van der Waals surface area contributed by atoms with Crippen LogP contribution in [0.25, 0.3) is 0 Å². The number of rotatable bonds is 8. The summed E-state index contributed by atoms with van der Waals surface area (Å²) >= 11 is 1.84. The highest BCUT2D eigenvalue weighted by atomic mass is 127. The van der Waals surface area contributed by atoms with Crippen LogP contribution in [-0.4, -0.2) is 57.7 Å². The van der Waals surface area contributed by atoms with Crippen molar-refractivity contribution >= 4 is 60.2 Å². The van der Waals surface area contributed by atoms with Gasteiger partial charge in [-0.3, -0.25) is 0 Å². The number of nitrogens with two attached hydrogens (primary N) is 1. The molecule has 0 aromatic heterocycles. The van der Waals surface area contributed by atoms with Crippen LogP contribution in [0.15, 0.2) is 40.3 Å². The fourth-order valence-corrected chi connectivity index (χ4v) is 3.27. The SMILES string of the molecule is COCCOc1cc2c(cc1OCCOC)C1=Nc3cccc(N)c3CN1C=N2.SI. The van der Waals surface area contributed by atoms with Crippen molar-refractivity contribution in [2.24, 2.45) is 9.98 Å². The second-order valence-corrected chi connectivity index (χ2v) is 6.65. The molecule has 2 aliphatic heterocycles. The molecule has 0 saturated carbocycles. The molecule has 8 nitrogen and oxygen atoms in total. The van der Waals surface area contributed by atoms with Crippen LogP contribution < -0.4 is 15.2 Å². The zero-order valence-electron chi connectivity index (χ0n) is 17.4. The van der Waals surface area contributed by atoms with Crippen LogP contribution in [-0.2, 0) is 16.0 Å². The molecule has 0 bridgehead atoms. The Labute approximate surface area is 199 Å². The smallest absolute Gasteiger partial charge is 0.163 e. The van der Waals surface area contributed by atoms with Crippen molar-refractivity contribution < 1.29 is 18.9 Å². The van der Waals surface area contributed by atoms with Gasteiger partial charge in [0.15, 0.2) is 11.5 Å². The molecule has 0 aliphatic carbocycles. The van der Waals surface area contributed by atoms with E-state index in [0.717, 1.165) is 34.0 Å². The quantitative estimate of drug-likeness (QED) is 0.220. The Morgan fingerprint density at radius 3 is 2.35 bits per heavy atom. The van der Waals surface area contributed by atoms with Crippen molar-refractivity contribution in [3.63, 3.8) is 0 Å². The van der Waals surface area contributed by atoms with E-state index in [-0.39, 0.29) is 0 Å². The molecule has 0 fully saturated rings. The van der Waals surface area contributed by atoms with Gasteiger partial charge < -0.3 is 29.6 Å². The first-order chi connectivity index (χ1) is 15.2. The summed E-state index contributed by atoms with van der Waals surface area (Å²) in [5.41, 5.74) is 10.4. The first-order valence-corrected chi connectivity index (χ1v) is 12.8. The number of nitrogen functional groups attached to an aromatic ring is 1. The van der Waals surface area contributed by atoms with Crippen molar-refractivity contribution in [2.45, 2.75) is 6.54 Å². The van der Waals surface area contributed by atoms with Gasteiger partial charge in [-0.15, -0.1) is 9.80 Å². The molecule has 0 radical (unpaired) electrons. The number of nitrogens with zero attached hydrogens (tertiary/aromatic N) is 3. The zero-order chi connectivity index (χ0) is 22.2. The average molecular weight is 556 g/mol. The summed E-state index contributed by atoms with van der Waals surface area (Å²) in [6, 6.07) is 9.57. The Hall–Kier alpha value is -2.02. The number of anilines is 1. The van der Waals surface area contributed by atoms with Gasteiger partial charge in [0.25, 0.3) is 0 Å². The number of hydrogen-bond donors (Lipinski definition) is 2. The molecule has 0 amide bonds. The number of hydrogen-bond acceptors (Lipinski definition) is 9. The summed E-state index contributed by atoms with van der Waals surface area (Å²) in [4.78, 5) is 11.4. The van der Waals surface area contributed by atoms with E-state index >= 15 is 0 Å². The molecule has 0 spiro atoms. The van der Waals surface area contributed by atoms with Crippen molar-refractivity contribution in [3.8, 4) is 11.5 Å². The lowest BCUT2D eigenvalue weighted by atomic mass is 10.0. The fraction of sp³-hybridized carbons (Fsp3) is 0.333. The first kappa shape index (κ1) is 23.6. The van der Waals surface area contributed by atoms with Gasteiger partial charge in [0.1, 0.15) is 19.0 Å². The summed E-state index contributed by atoms with van der Waals surface area (Å²) < 4.78 is 21.9. The standard InChI is InChI=1S/C21H24N4O4.HIS/c1-26-6-8-28-19-10-14-18(11-20(19)29-9-7-27-2)23-13-25-12-15-16(22)4-3-5-17(15)24-21(14)25;1-2/h3-5,10-11,13H,6-9,12,22H2,1-2H3;2H. The molecular weight excluding hydrogens is 531 g/mol. The van der Waals surface area contributed by atoms with Crippen molar-refractivity contribution in [2.75, 3.05) is 46.4 Å². The molecule has 0 saturated heterocycles. The normalized spacial score (nSPS) is 13.3. The third-order valence-electron chi connectivity index (χ3n) is 4.74. The molecule has 166 valence electrons. The van der Waals surface area contributed by atoms with Crippen molar-refractivity contribution in [1.29, 1.82) is 0 Å². The molecule has 2 aliphatic rings. The molecule has 10 heteroatoms. The van der Waals surface area contributed by atoms with E-state index in [4.69, 9.17) is 29.7 Å². The lowest BCUT2D eigenvalue weighted by Gasteiger charge is -2.31. The summed E-state index contributed by atoms with van der Waals surface area (Å²) in [6.45, 7) is 2.41. The topological polar surface area (TPSA) is 90.9 Å². The number of amidine groups is 1. The fourth-order valence-electron chi connectivity index (χ4n) is 3.27. The summed E-state index contributed by atoms with van der Waals surface area (Å²) in [5, 5.41) is 0. The van der Waals surface area contributed by atoms with Crippen molar-refractivity contribution in [1.82, 2.24) is 4.90 Å². The number of fused-ring (bicyclic) bond motifs is 4. The summed E-state index contributed by atoms with van der Waals surface area (Å²) in [6.07, 6.45) is 1.78. The second kappa shape index (κ2) is 11.6. The molecule has 2 aromatic rings. The molecule has 2 aromatic carbocycles. The Bertz CT molecular complexity index is 971. The van der Waals surface area contributed by atoms with Crippen LogP contribution in [0.4, 0.5) is 17.1 Å². The van der Waals surface area contributed by atoms with Gasteiger partial charge in [0.05, 0.1) is 37.5 Å². The highest BCUT2D eigenvalue weighted by Gasteiger charge is 2.27. The maximum Gasteiger partial charge on any atom is 0.163 e. The minimum Gasteiger partial charge on any atom is -0.487 e. The molecular formula is C21H25IN4O4S. The molecule has 0 atom stereocenters. The first-order valence-electron chi connectivity index (χ1n) is 9.57. The van der Waals surface area contributed by atoms with E-state index in [0.29, 0.717) is 44.5 Å². The number of aliphatic imine (C=N–C) groups is 2. The molecule has 2 N–H and O–H groups in total. The molecule has 31 heavy (non-hydrogen) atoms. The maximum absolute atomic E-state index is 6.13. The van der Waals surface area contributed by atoms with Gasteiger partial charge in [-0.25, -0.2) is 9.98 Å².